The van der Waals surface area contributed by atoms with Gasteiger partial charge in [0.25, 0.3) is 15.9 Å². The van der Waals surface area contributed by atoms with Gasteiger partial charge in [-0.1, -0.05) is 74.3 Å². The van der Waals surface area contributed by atoms with Gasteiger partial charge in [-0.25, -0.2) is 13.8 Å². The molecule has 0 aromatic heterocycles. The number of anilines is 1. The van der Waals surface area contributed by atoms with Crippen LogP contribution in [0.3, 0.4) is 0 Å². The Labute approximate surface area is 191 Å². The fourth-order valence-electron chi connectivity index (χ4n) is 2.59. The topological polar surface area (TPSA) is 78.8 Å². The molecule has 0 aliphatic rings. The minimum absolute atomic E-state index is 0.0921. The van der Waals surface area contributed by atoms with Gasteiger partial charge in [-0.2, -0.15) is 5.10 Å². The van der Waals surface area contributed by atoms with Crippen molar-refractivity contribution < 1.29 is 13.2 Å². The van der Waals surface area contributed by atoms with Crippen molar-refractivity contribution in [1.82, 2.24) is 5.43 Å². The van der Waals surface area contributed by atoms with Gasteiger partial charge in [0.2, 0.25) is 0 Å². The van der Waals surface area contributed by atoms with E-state index in [2.05, 4.69) is 42.4 Å². The van der Waals surface area contributed by atoms with Crippen LogP contribution in [-0.4, -0.2) is 27.1 Å². The number of halogens is 2. The highest BCUT2D eigenvalue weighted by Crippen LogP contribution is 2.26. The van der Waals surface area contributed by atoms with Crippen molar-refractivity contribution in [3.8, 4) is 0 Å². The summed E-state index contributed by atoms with van der Waals surface area (Å²) in [5.41, 5.74) is 3.52. The van der Waals surface area contributed by atoms with E-state index in [0.29, 0.717) is 10.2 Å². The molecule has 0 radical (unpaired) electrons. The molecule has 9 heteroatoms. The summed E-state index contributed by atoms with van der Waals surface area (Å²) >= 11 is 6.74. The minimum atomic E-state index is -3.96. The number of nitrogens with zero attached hydrogens (tertiary/aromatic N) is 2. The molecular formula is C21H17Br2N3O3S. The summed E-state index contributed by atoms with van der Waals surface area (Å²) in [6.07, 6.45) is 1.48. The first kappa shape index (κ1) is 22.2. The van der Waals surface area contributed by atoms with Gasteiger partial charge < -0.3 is 0 Å². The second kappa shape index (κ2) is 10.0. The first-order valence-corrected chi connectivity index (χ1v) is 11.8. The number of hydrazone groups is 1. The molecule has 30 heavy (non-hydrogen) atoms. The predicted molar refractivity (Wildman–Crippen MR) is 125 cm³/mol. The van der Waals surface area contributed by atoms with Gasteiger partial charge in [0.15, 0.2) is 0 Å². The third kappa shape index (κ3) is 5.56. The number of carbonyl (C=O) groups is 1. The van der Waals surface area contributed by atoms with Crippen molar-refractivity contribution in [3.63, 3.8) is 0 Å². The fraction of sp³-hybridized carbons (Fsp3) is 0.0476. The summed E-state index contributed by atoms with van der Waals surface area (Å²) in [4.78, 5) is 12.6. The lowest BCUT2D eigenvalue weighted by Crippen LogP contribution is -2.39. The highest BCUT2D eigenvalue weighted by atomic mass is 79.9. The van der Waals surface area contributed by atoms with Gasteiger partial charge in [-0.05, 0) is 36.4 Å². The molecule has 1 N–H and O–H groups in total. The van der Waals surface area contributed by atoms with E-state index < -0.39 is 22.5 Å². The molecule has 3 aromatic rings. The van der Waals surface area contributed by atoms with Gasteiger partial charge in [0.05, 0.1) is 16.8 Å². The summed E-state index contributed by atoms with van der Waals surface area (Å²) in [5, 5.41) is 3.94. The standard InChI is InChI=1S/C21H17Br2N3O3S/c22-17-8-6-9-18(13-17)26(30(28,29)19-10-2-1-3-11-19)15-21(27)25-24-14-16-7-4-5-12-20(16)23/h1-14H,15H2,(H,25,27)/b24-14+. The van der Waals surface area contributed by atoms with E-state index in [4.69, 9.17) is 0 Å². The van der Waals surface area contributed by atoms with Crippen LogP contribution >= 0.6 is 31.9 Å². The maximum absolute atomic E-state index is 13.2. The minimum Gasteiger partial charge on any atom is -0.271 e. The monoisotopic (exact) mass is 549 g/mol. The number of benzene rings is 3. The predicted octanol–water partition coefficient (Wildman–Crippen LogP) is 4.56. The Bertz CT molecular complexity index is 1170. The summed E-state index contributed by atoms with van der Waals surface area (Å²) in [6.45, 7) is -0.430. The van der Waals surface area contributed by atoms with Gasteiger partial charge in [0, 0.05) is 14.5 Å². The number of hydrogen-bond donors (Lipinski definition) is 1. The van der Waals surface area contributed by atoms with Gasteiger partial charge in [0.1, 0.15) is 6.54 Å². The number of carbonyl (C=O) groups excluding carboxylic acids is 1. The van der Waals surface area contributed by atoms with Crippen molar-refractivity contribution >= 4 is 59.7 Å². The van der Waals surface area contributed by atoms with E-state index in [1.54, 1.807) is 42.5 Å². The molecule has 0 saturated carbocycles. The maximum Gasteiger partial charge on any atom is 0.264 e. The van der Waals surface area contributed by atoms with Crippen LogP contribution in [0.1, 0.15) is 5.56 Å². The number of rotatable bonds is 7. The fourth-order valence-corrected chi connectivity index (χ4v) is 4.79. The Morgan fingerprint density at radius 3 is 2.37 bits per heavy atom. The highest BCUT2D eigenvalue weighted by Gasteiger charge is 2.27. The SMILES string of the molecule is O=C(CN(c1cccc(Br)c1)S(=O)(=O)c1ccccc1)N/N=C/c1ccccc1Br. The number of sulfonamides is 1. The Hall–Kier alpha value is -2.49. The van der Waals surface area contributed by atoms with Crippen LogP contribution in [0.5, 0.6) is 0 Å². The third-order valence-corrected chi connectivity index (χ3v) is 7.02. The molecule has 0 unspecified atom stereocenters. The van der Waals surface area contributed by atoms with Crippen LogP contribution in [0.2, 0.25) is 0 Å². The Balaban J connectivity index is 1.84. The highest BCUT2D eigenvalue weighted by molar-refractivity contribution is 9.10. The largest absolute Gasteiger partial charge is 0.271 e. The molecule has 0 aliphatic heterocycles. The molecule has 6 nitrogen and oxygen atoms in total. The van der Waals surface area contributed by atoms with E-state index in [0.717, 1.165) is 14.3 Å². The van der Waals surface area contributed by atoms with Gasteiger partial charge in [-0.15, -0.1) is 0 Å². The average molecular weight is 551 g/mol. The first-order chi connectivity index (χ1) is 14.4. The van der Waals surface area contributed by atoms with E-state index in [1.807, 2.05) is 24.3 Å². The summed E-state index contributed by atoms with van der Waals surface area (Å²) in [5.74, 6) is -0.571. The third-order valence-electron chi connectivity index (χ3n) is 4.01. The number of nitrogens with one attached hydrogen (secondary N) is 1. The van der Waals surface area contributed by atoms with Crippen LogP contribution < -0.4 is 9.73 Å². The van der Waals surface area contributed by atoms with Crippen molar-refractivity contribution in [2.45, 2.75) is 4.90 Å². The Morgan fingerprint density at radius 1 is 0.967 bits per heavy atom. The number of hydrogen-bond acceptors (Lipinski definition) is 4. The molecule has 1 amide bonds. The molecule has 0 bridgehead atoms. The van der Waals surface area contributed by atoms with E-state index in [-0.39, 0.29) is 4.90 Å². The quantitative estimate of drug-likeness (QED) is 0.346. The number of amides is 1. The Morgan fingerprint density at radius 2 is 1.67 bits per heavy atom. The van der Waals surface area contributed by atoms with Crippen molar-refractivity contribution in [2.75, 3.05) is 10.8 Å². The zero-order valence-corrected chi connectivity index (χ0v) is 19.6. The molecule has 3 rings (SSSR count). The summed E-state index contributed by atoms with van der Waals surface area (Å²) in [7, 11) is -3.96. The molecular weight excluding hydrogens is 534 g/mol. The van der Waals surface area contributed by atoms with Crippen molar-refractivity contribution in [3.05, 3.63) is 93.4 Å². The van der Waals surface area contributed by atoms with E-state index in [1.165, 1.54) is 18.3 Å². The lowest BCUT2D eigenvalue weighted by Gasteiger charge is -2.23. The van der Waals surface area contributed by atoms with Gasteiger partial charge in [-0.3, -0.25) is 9.10 Å². The Kier molecular flexibility index (Phi) is 7.41. The van der Waals surface area contributed by atoms with Crippen molar-refractivity contribution in [2.24, 2.45) is 5.10 Å². The van der Waals surface area contributed by atoms with Crippen LogP contribution in [-0.2, 0) is 14.8 Å². The molecule has 0 aliphatic carbocycles. The molecule has 0 saturated heterocycles. The molecule has 0 atom stereocenters. The smallest absolute Gasteiger partial charge is 0.264 e. The first-order valence-electron chi connectivity index (χ1n) is 8.78. The molecule has 3 aromatic carbocycles. The second-order valence-electron chi connectivity index (χ2n) is 6.12. The van der Waals surface area contributed by atoms with Crippen LogP contribution in [0.25, 0.3) is 0 Å². The van der Waals surface area contributed by atoms with Crippen LogP contribution in [0.15, 0.2) is 97.8 Å². The molecule has 0 spiro atoms. The lowest BCUT2D eigenvalue weighted by molar-refractivity contribution is -0.119. The molecule has 0 heterocycles. The zero-order chi connectivity index (χ0) is 21.6. The summed E-state index contributed by atoms with van der Waals surface area (Å²) in [6, 6.07) is 22.1. The van der Waals surface area contributed by atoms with Gasteiger partial charge >= 0.3 is 0 Å². The zero-order valence-electron chi connectivity index (χ0n) is 15.6. The lowest BCUT2D eigenvalue weighted by atomic mass is 10.2. The average Bonchev–Trinajstić information content (AvgIpc) is 2.74. The summed E-state index contributed by atoms with van der Waals surface area (Å²) < 4.78 is 29.0. The molecule has 0 fully saturated rings. The maximum atomic E-state index is 13.2. The molecule has 154 valence electrons. The van der Waals surface area contributed by atoms with Crippen molar-refractivity contribution in [1.29, 1.82) is 0 Å². The normalized spacial score (nSPS) is 11.4. The van der Waals surface area contributed by atoms with E-state index >= 15 is 0 Å². The second-order valence-corrected chi connectivity index (χ2v) is 9.75. The van der Waals surface area contributed by atoms with E-state index in [9.17, 15) is 13.2 Å². The van der Waals surface area contributed by atoms with Crippen LogP contribution in [0.4, 0.5) is 5.69 Å². The van der Waals surface area contributed by atoms with Crippen LogP contribution in [0, 0.1) is 0 Å².